The highest BCUT2D eigenvalue weighted by Crippen LogP contribution is 2.59. The van der Waals surface area contributed by atoms with E-state index in [9.17, 15) is 24.3 Å². The second-order valence-electron chi connectivity index (χ2n) is 10.6. The van der Waals surface area contributed by atoms with Crippen LogP contribution < -0.4 is 15.0 Å². The van der Waals surface area contributed by atoms with Gasteiger partial charge in [0.2, 0.25) is 11.8 Å². The highest BCUT2D eigenvalue weighted by Gasteiger charge is 2.74. The number of cyclic esters (lactones) is 1. The first-order chi connectivity index (χ1) is 19.7. The van der Waals surface area contributed by atoms with Gasteiger partial charge in [-0.05, 0) is 50.1 Å². The molecule has 0 saturated carbocycles. The Balaban J connectivity index is 1.60. The molecule has 1 aromatic carbocycles. The number of hydrogen-bond acceptors (Lipinski definition) is 8. The number of carbonyl (C=O) groups excluding carboxylic acids is 4. The first kappa shape index (κ1) is 29.3. The van der Waals surface area contributed by atoms with Crippen LogP contribution in [0.3, 0.4) is 0 Å². The molecule has 3 amide bonds. The number of benzene rings is 1. The Morgan fingerprint density at radius 2 is 1.90 bits per heavy atom. The molecule has 4 aliphatic rings. The van der Waals surface area contributed by atoms with Crippen molar-refractivity contribution in [2.75, 3.05) is 38.3 Å². The van der Waals surface area contributed by atoms with Gasteiger partial charge in [-0.3, -0.25) is 19.2 Å². The Kier molecular flexibility index (Phi) is 8.53. The topological polar surface area (TPSA) is 135 Å². The lowest BCUT2D eigenvalue weighted by Crippen LogP contribution is -2.56. The Morgan fingerprint density at radius 3 is 2.61 bits per heavy atom. The molecule has 2 N–H and O–H groups in total. The van der Waals surface area contributed by atoms with Gasteiger partial charge in [-0.1, -0.05) is 28.1 Å². The van der Waals surface area contributed by atoms with Crippen molar-refractivity contribution in [1.29, 1.82) is 0 Å². The smallest absolute Gasteiger partial charge is 0.313 e. The SMILES string of the molecule is COc1ccc(N2C/C=C\CCC(=O)NC[C@@H](C)OC(=O)[C@@H]3[C@H]4O[C@@]5(C=C4Br)[C@H](C2=O)N(CCCO)C(=O)[C@@H]35)cc1. The van der Waals surface area contributed by atoms with Crippen molar-refractivity contribution >= 4 is 45.3 Å². The minimum atomic E-state index is -1.41. The van der Waals surface area contributed by atoms with Crippen LogP contribution in [-0.2, 0) is 28.7 Å². The molecule has 5 rings (SSSR count). The number of nitrogens with zero attached hydrogens (tertiary/aromatic N) is 2. The Morgan fingerprint density at radius 1 is 1.15 bits per heavy atom. The maximum atomic E-state index is 14.6. The second kappa shape index (κ2) is 11.9. The van der Waals surface area contributed by atoms with Crippen LogP contribution in [0.15, 0.2) is 47.0 Å². The van der Waals surface area contributed by atoms with Crippen molar-refractivity contribution in [1.82, 2.24) is 10.2 Å². The van der Waals surface area contributed by atoms with Crippen LogP contribution in [0.5, 0.6) is 5.75 Å². The number of amides is 3. The number of carbonyl (C=O) groups is 4. The van der Waals surface area contributed by atoms with Gasteiger partial charge in [-0.15, -0.1) is 0 Å². The van der Waals surface area contributed by atoms with E-state index in [0.717, 1.165) is 0 Å². The molecule has 2 fully saturated rings. The van der Waals surface area contributed by atoms with E-state index in [2.05, 4.69) is 21.2 Å². The summed E-state index contributed by atoms with van der Waals surface area (Å²) in [6.45, 7) is 1.90. The summed E-state index contributed by atoms with van der Waals surface area (Å²) in [5.74, 6) is -2.96. The Hall–Kier alpha value is -3.22. The molecule has 6 atom stereocenters. The van der Waals surface area contributed by atoms with E-state index < -0.39 is 53.5 Å². The molecule has 0 radical (unpaired) electrons. The maximum absolute atomic E-state index is 14.6. The number of aliphatic hydroxyl groups is 1. The van der Waals surface area contributed by atoms with Crippen molar-refractivity contribution in [3.8, 4) is 5.75 Å². The first-order valence-electron chi connectivity index (χ1n) is 13.8. The van der Waals surface area contributed by atoms with Gasteiger partial charge in [0.05, 0.1) is 19.6 Å². The van der Waals surface area contributed by atoms with Crippen LogP contribution in [0.4, 0.5) is 5.69 Å². The number of methoxy groups -OCH3 is 1. The van der Waals surface area contributed by atoms with E-state index in [4.69, 9.17) is 14.2 Å². The van der Waals surface area contributed by atoms with E-state index in [1.54, 1.807) is 49.3 Å². The number of anilines is 1. The fourth-order valence-corrected chi connectivity index (χ4v) is 6.89. The molecule has 0 unspecified atom stereocenters. The minimum Gasteiger partial charge on any atom is -0.497 e. The molecule has 41 heavy (non-hydrogen) atoms. The number of rotatable bonds is 5. The molecule has 4 heterocycles. The van der Waals surface area contributed by atoms with Gasteiger partial charge in [0.25, 0.3) is 5.91 Å². The number of nitrogens with one attached hydrogen (secondary N) is 1. The fourth-order valence-electron chi connectivity index (χ4n) is 6.16. The number of hydrogen-bond donors (Lipinski definition) is 2. The van der Waals surface area contributed by atoms with Gasteiger partial charge < -0.3 is 34.4 Å². The van der Waals surface area contributed by atoms with E-state index >= 15 is 0 Å². The molecule has 2 saturated heterocycles. The molecular formula is C29H34BrN3O8. The van der Waals surface area contributed by atoms with Gasteiger partial charge in [-0.2, -0.15) is 0 Å². The zero-order valence-electron chi connectivity index (χ0n) is 23.0. The lowest BCUT2D eigenvalue weighted by atomic mass is 9.74. The maximum Gasteiger partial charge on any atom is 0.313 e. The van der Waals surface area contributed by atoms with E-state index in [-0.39, 0.29) is 45.0 Å². The number of aliphatic hydroxyl groups excluding tert-OH is 1. The first-order valence-corrected chi connectivity index (χ1v) is 14.6. The van der Waals surface area contributed by atoms with Crippen LogP contribution in [0.1, 0.15) is 26.2 Å². The van der Waals surface area contributed by atoms with Gasteiger partial charge in [0, 0.05) is 36.3 Å². The number of likely N-dealkylation sites (tertiary alicyclic amines) is 1. The van der Waals surface area contributed by atoms with Gasteiger partial charge in [-0.25, -0.2) is 0 Å². The number of fused-ring (bicyclic) bond motifs is 2. The number of allylic oxidation sites excluding steroid dienone is 1. The standard InChI is InChI=1S/C29H34BrN3O8/c1-17-16-31-21(35)7-4-3-5-12-32(18-8-10-19(39-2)11-9-18)27(37)25-29-15-20(30)24(41-29)22(28(38)40-17)23(29)26(36)33(25)13-6-14-34/h3,5,8-11,15,17,22-25,34H,4,6-7,12-14,16H2,1-2H3,(H,31,35)/b5-3-/t17-,22+,23-,24+,25+,29-/m1/s1. The molecule has 12 heteroatoms. The quantitative estimate of drug-likeness (QED) is 0.370. The molecule has 220 valence electrons. The molecule has 4 aliphatic heterocycles. The minimum absolute atomic E-state index is 0.111. The van der Waals surface area contributed by atoms with Crippen LogP contribution in [0.2, 0.25) is 0 Å². The highest BCUT2D eigenvalue weighted by molar-refractivity contribution is 9.11. The van der Waals surface area contributed by atoms with Crippen molar-refractivity contribution < 1.29 is 38.5 Å². The second-order valence-corrected chi connectivity index (χ2v) is 11.6. The largest absolute Gasteiger partial charge is 0.497 e. The third-order valence-corrected chi connectivity index (χ3v) is 8.72. The van der Waals surface area contributed by atoms with Crippen LogP contribution in [-0.4, -0.2) is 90.9 Å². The van der Waals surface area contributed by atoms with Crippen molar-refractivity contribution in [3.05, 3.63) is 47.0 Å². The van der Waals surface area contributed by atoms with Gasteiger partial charge >= 0.3 is 5.97 Å². The zero-order valence-corrected chi connectivity index (χ0v) is 24.5. The lowest BCUT2D eigenvalue weighted by molar-refractivity contribution is -0.158. The summed E-state index contributed by atoms with van der Waals surface area (Å²) in [4.78, 5) is 57.5. The third kappa shape index (κ3) is 5.28. The van der Waals surface area contributed by atoms with Crippen molar-refractivity contribution in [2.24, 2.45) is 11.8 Å². The Bertz CT molecular complexity index is 1270. The van der Waals surface area contributed by atoms with Gasteiger partial charge in [0.15, 0.2) is 0 Å². The average molecular weight is 633 g/mol. The van der Waals surface area contributed by atoms with E-state index in [0.29, 0.717) is 22.3 Å². The van der Waals surface area contributed by atoms with Crippen LogP contribution >= 0.6 is 15.9 Å². The zero-order chi connectivity index (χ0) is 29.3. The molecule has 1 spiro atoms. The van der Waals surface area contributed by atoms with Crippen LogP contribution in [0.25, 0.3) is 0 Å². The lowest BCUT2D eigenvalue weighted by Gasteiger charge is -2.35. The summed E-state index contributed by atoms with van der Waals surface area (Å²) in [5.41, 5.74) is -0.831. The number of ether oxygens (including phenoxy) is 3. The molecule has 0 aromatic heterocycles. The normalized spacial score (nSPS) is 32.9. The number of esters is 1. The van der Waals surface area contributed by atoms with E-state index in [1.165, 1.54) is 4.90 Å². The van der Waals surface area contributed by atoms with Crippen LogP contribution in [0, 0.1) is 11.8 Å². The highest BCUT2D eigenvalue weighted by atomic mass is 79.9. The molecule has 0 aliphatic carbocycles. The predicted molar refractivity (Wildman–Crippen MR) is 151 cm³/mol. The van der Waals surface area contributed by atoms with Gasteiger partial charge in [0.1, 0.15) is 35.5 Å². The third-order valence-electron chi connectivity index (χ3n) is 8.04. The fraction of sp³-hybridized carbons (Fsp3) is 0.517. The molecule has 5 bridgehead atoms. The van der Waals surface area contributed by atoms with Crippen molar-refractivity contribution in [3.63, 3.8) is 0 Å². The molecular weight excluding hydrogens is 598 g/mol. The summed E-state index contributed by atoms with van der Waals surface area (Å²) in [7, 11) is 1.55. The molecule has 11 nitrogen and oxygen atoms in total. The summed E-state index contributed by atoms with van der Waals surface area (Å²) in [5, 5.41) is 12.4. The van der Waals surface area contributed by atoms with Crippen molar-refractivity contribution in [2.45, 2.75) is 50.0 Å². The van der Waals surface area contributed by atoms with E-state index in [1.807, 2.05) is 12.2 Å². The molecule has 1 aromatic rings. The number of halogens is 1. The summed E-state index contributed by atoms with van der Waals surface area (Å²) in [6.07, 6.45) is 4.90. The summed E-state index contributed by atoms with van der Waals surface area (Å²) >= 11 is 3.52. The monoisotopic (exact) mass is 631 g/mol. The average Bonchev–Trinajstić information content (AvgIpc) is 3.55. The summed E-state index contributed by atoms with van der Waals surface area (Å²) < 4.78 is 18.0. The Labute approximate surface area is 246 Å². The predicted octanol–water partition coefficient (Wildman–Crippen LogP) is 1.68. The summed E-state index contributed by atoms with van der Waals surface area (Å²) in [6, 6.07) is 5.90.